The Balaban J connectivity index is 2.03. The third-order valence-electron chi connectivity index (χ3n) is 4.57. The zero-order valence-electron chi connectivity index (χ0n) is 15.7. The van der Waals surface area contributed by atoms with Crippen LogP contribution in [0.2, 0.25) is 0 Å². The van der Waals surface area contributed by atoms with E-state index in [1.165, 1.54) is 34.6 Å². The van der Waals surface area contributed by atoms with Gasteiger partial charge in [-0.2, -0.15) is 0 Å². The van der Waals surface area contributed by atoms with Crippen molar-refractivity contribution in [2.45, 2.75) is 39.5 Å². The second-order valence-corrected chi connectivity index (χ2v) is 8.12. The van der Waals surface area contributed by atoms with Crippen LogP contribution in [0.4, 0.5) is 8.78 Å². The summed E-state index contributed by atoms with van der Waals surface area (Å²) in [7, 11) is 0. The topological polar surface area (TPSA) is 33.1 Å². The number of nitrogens with zero attached hydrogens (tertiary/aromatic N) is 1. The molecule has 3 rings (SSSR count). The second-order valence-electron chi connectivity index (χ2n) is 7.09. The summed E-state index contributed by atoms with van der Waals surface area (Å²) in [5.74, 6) is -1.01. The summed E-state index contributed by atoms with van der Waals surface area (Å²) in [6.07, 6.45) is 1.77. The van der Waals surface area contributed by atoms with E-state index < -0.39 is 11.6 Å². The van der Waals surface area contributed by atoms with E-state index in [0.717, 1.165) is 23.9 Å². The molecule has 0 amide bonds. The van der Waals surface area contributed by atoms with Crippen molar-refractivity contribution in [3.63, 3.8) is 0 Å². The summed E-state index contributed by atoms with van der Waals surface area (Å²) >= 11 is 1.26. The monoisotopic (exact) mass is 387 g/mol. The first-order chi connectivity index (χ1) is 12.9. The Morgan fingerprint density at radius 1 is 1.11 bits per heavy atom. The molecule has 1 heterocycles. The van der Waals surface area contributed by atoms with Gasteiger partial charge in [0.15, 0.2) is 0 Å². The van der Waals surface area contributed by atoms with Crippen molar-refractivity contribution in [1.82, 2.24) is 4.98 Å². The zero-order valence-corrected chi connectivity index (χ0v) is 16.5. The van der Waals surface area contributed by atoms with Crippen LogP contribution in [-0.2, 0) is 6.42 Å². The second kappa shape index (κ2) is 8.17. The van der Waals surface area contributed by atoms with E-state index in [0.29, 0.717) is 10.8 Å². The highest BCUT2D eigenvalue weighted by Crippen LogP contribution is 2.42. The molecule has 2 nitrogen and oxygen atoms in total. The van der Waals surface area contributed by atoms with Crippen molar-refractivity contribution in [2.24, 2.45) is 5.92 Å². The zero-order chi connectivity index (χ0) is 19.6. The molecule has 0 aliphatic heterocycles. The molecule has 27 heavy (non-hydrogen) atoms. The number of hydrogen-bond acceptors (Lipinski definition) is 3. The van der Waals surface area contributed by atoms with Gasteiger partial charge in [-0.1, -0.05) is 45.0 Å². The normalized spacial score (nSPS) is 12.5. The smallest absolute Gasteiger partial charge is 0.230 e. The maximum atomic E-state index is 14.2. The Hall–Kier alpha value is -2.27. The van der Waals surface area contributed by atoms with E-state index in [-0.39, 0.29) is 17.4 Å². The number of benzene rings is 2. The molecule has 1 unspecified atom stereocenters. The van der Waals surface area contributed by atoms with Crippen LogP contribution in [0.25, 0.3) is 10.4 Å². The SMILES string of the molecule is CCC(c1nc(O)c(-c2ccc(F)cc2F)s1)c1ccccc1CC(C)C. The van der Waals surface area contributed by atoms with Crippen molar-refractivity contribution in [3.05, 3.63) is 70.2 Å². The van der Waals surface area contributed by atoms with Gasteiger partial charge >= 0.3 is 0 Å². The van der Waals surface area contributed by atoms with Crippen LogP contribution in [0.15, 0.2) is 42.5 Å². The number of aromatic nitrogens is 1. The first kappa shape index (κ1) is 19.5. The Morgan fingerprint density at radius 2 is 1.85 bits per heavy atom. The standard InChI is InChI=1S/C22H23F2NOS/c1-4-16(17-8-6-5-7-14(17)11-13(2)3)22-25-21(26)20(27-22)18-10-9-15(23)12-19(18)24/h5-10,12-13,16,26H,4,11H2,1-3H3. The summed E-state index contributed by atoms with van der Waals surface area (Å²) in [6, 6.07) is 11.6. The first-order valence-electron chi connectivity index (χ1n) is 9.13. The minimum absolute atomic E-state index is 0.0214. The lowest BCUT2D eigenvalue weighted by molar-refractivity contribution is 0.456. The molecule has 0 aliphatic carbocycles. The van der Waals surface area contributed by atoms with Crippen molar-refractivity contribution in [3.8, 4) is 16.3 Å². The fourth-order valence-corrected chi connectivity index (χ4v) is 4.54. The average molecular weight is 387 g/mol. The van der Waals surface area contributed by atoms with E-state index in [9.17, 15) is 13.9 Å². The predicted molar refractivity (Wildman–Crippen MR) is 106 cm³/mol. The van der Waals surface area contributed by atoms with Crippen LogP contribution < -0.4 is 0 Å². The van der Waals surface area contributed by atoms with Crippen LogP contribution >= 0.6 is 11.3 Å². The van der Waals surface area contributed by atoms with E-state index in [1.54, 1.807) is 0 Å². The molecule has 142 valence electrons. The Morgan fingerprint density at radius 3 is 2.52 bits per heavy atom. The number of thiazole rings is 1. The van der Waals surface area contributed by atoms with Gasteiger partial charge in [0.25, 0.3) is 0 Å². The molecule has 1 atom stereocenters. The van der Waals surface area contributed by atoms with Crippen LogP contribution in [0.3, 0.4) is 0 Å². The summed E-state index contributed by atoms with van der Waals surface area (Å²) in [5.41, 5.74) is 2.63. The highest BCUT2D eigenvalue weighted by molar-refractivity contribution is 7.15. The highest BCUT2D eigenvalue weighted by atomic mass is 32.1. The third kappa shape index (κ3) is 4.19. The fraction of sp³-hybridized carbons (Fsp3) is 0.318. The average Bonchev–Trinajstić information content (AvgIpc) is 2.98. The predicted octanol–water partition coefficient (Wildman–Crippen LogP) is 6.53. The fourth-order valence-electron chi connectivity index (χ4n) is 3.35. The maximum absolute atomic E-state index is 14.2. The lowest BCUT2D eigenvalue weighted by Crippen LogP contribution is -2.05. The molecule has 3 aromatic rings. The van der Waals surface area contributed by atoms with E-state index in [1.807, 2.05) is 12.1 Å². The summed E-state index contributed by atoms with van der Waals surface area (Å²) in [5, 5.41) is 11.1. The molecule has 2 aromatic carbocycles. The molecule has 5 heteroatoms. The van der Waals surface area contributed by atoms with Crippen LogP contribution in [0.1, 0.15) is 49.2 Å². The Labute approximate surface area is 162 Å². The molecular weight excluding hydrogens is 364 g/mol. The van der Waals surface area contributed by atoms with Gasteiger partial charge in [0, 0.05) is 17.5 Å². The highest BCUT2D eigenvalue weighted by Gasteiger charge is 2.23. The largest absolute Gasteiger partial charge is 0.492 e. The van der Waals surface area contributed by atoms with Gasteiger partial charge < -0.3 is 5.11 Å². The van der Waals surface area contributed by atoms with Gasteiger partial charge in [0.1, 0.15) is 21.5 Å². The summed E-state index contributed by atoms with van der Waals surface area (Å²) < 4.78 is 27.4. The van der Waals surface area contributed by atoms with Crippen molar-refractivity contribution in [1.29, 1.82) is 0 Å². The molecule has 0 spiro atoms. The summed E-state index contributed by atoms with van der Waals surface area (Å²) in [6.45, 7) is 6.44. The Kier molecular flexibility index (Phi) is 5.90. The van der Waals surface area contributed by atoms with Crippen molar-refractivity contribution in [2.75, 3.05) is 0 Å². The molecule has 1 aromatic heterocycles. The minimum atomic E-state index is -0.700. The Bertz CT molecular complexity index is 936. The summed E-state index contributed by atoms with van der Waals surface area (Å²) in [4.78, 5) is 4.67. The van der Waals surface area contributed by atoms with Gasteiger partial charge in [-0.25, -0.2) is 13.8 Å². The molecular formula is C22H23F2NOS. The number of hydrogen-bond donors (Lipinski definition) is 1. The molecule has 0 radical (unpaired) electrons. The quantitative estimate of drug-likeness (QED) is 0.521. The first-order valence-corrected chi connectivity index (χ1v) is 9.95. The van der Waals surface area contributed by atoms with Crippen LogP contribution in [0, 0.1) is 17.6 Å². The van der Waals surface area contributed by atoms with Crippen LogP contribution in [-0.4, -0.2) is 10.1 Å². The van der Waals surface area contributed by atoms with E-state index in [4.69, 9.17) is 0 Å². The lowest BCUT2D eigenvalue weighted by Gasteiger charge is -2.18. The minimum Gasteiger partial charge on any atom is -0.492 e. The van der Waals surface area contributed by atoms with E-state index in [2.05, 4.69) is 37.9 Å². The number of rotatable bonds is 6. The van der Waals surface area contributed by atoms with Crippen LogP contribution in [0.5, 0.6) is 5.88 Å². The van der Waals surface area contributed by atoms with Crippen molar-refractivity contribution >= 4 is 11.3 Å². The number of aromatic hydroxyl groups is 1. The molecule has 0 aliphatic rings. The van der Waals surface area contributed by atoms with Gasteiger partial charge in [-0.3, -0.25) is 0 Å². The van der Waals surface area contributed by atoms with Gasteiger partial charge in [0.05, 0.1) is 0 Å². The maximum Gasteiger partial charge on any atom is 0.230 e. The lowest BCUT2D eigenvalue weighted by atomic mass is 9.89. The van der Waals surface area contributed by atoms with E-state index >= 15 is 0 Å². The molecule has 0 fully saturated rings. The number of halogens is 2. The molecule has 0 saturated heterocycles. The van der Waals surface area contributed by atoms with Crippen molar-refractivity contribution < 1.29 is 13.9 Å². The molecule has 0 saturated carbocycles. The van der Waals surface area contributed by atoms with Gasteiger partial charge in [-0.05, 0) is 42.0 Å². The molecule has 1 N–H and O–H groups in total. The van der Waals surface area contributed by atoms with Gasteiger partial charge in [0.2, 0.25) is 5.88 Å². The molecule has 0 bridgehead atoms. The van der Waals surface area contributed by atoms with Gasteiger partial charge in [-0.15, -0.1) is 11.3 Å². The third-order valence-corrected chi connectivity index (χ3v) is 5.76.